The first-order chi connectivity index (χ1) is 14.8. The van der Waals surface area contributed by atoms with Crippen LogP contribution in [0.25, 0.3) is 11.8 Å². The Morgan fingerprint density at radius 1 is 1.00 bits per heavy atom. The number of nitrogens with zero attached hydrogens (tertiary/aromatic N) is 2. The number of ether oxygens (including phenoxy) is 1. The van der Waals surface area contributed by atoms with Gasteiger partial charge >= 0.3 is 0 Å². The van der Waals surface area contributed by atoms with Crippen LogP contribution in [0.4, 0.5) is 10.5 Å². The van der Waals surface area contributed by atoms with E-state index in [-0.39, 0.29) is 11.1 Å². The molecule has 0 spiro atoms. The second-order valence-electron chi connectivity index (χ2n) is 6.98. The van der Waals surface area contributed by atoms with Crippen LogP contribution in [0.3, 0.4) is 0 Å². The quantitative estimate of drug-likeness (QED) is 0.398. The molecule has 0 aliphatic carbocycles. The first-order valence-corrected chi connectivity index (χ1v) is 10.9. The van der Waals surface area contributed by atoms with Crippen LogP contribution in [0.5, 0.6) is 5.75 Å². The number of rotatable bonds is 4. The predicted molar refractivity (Wildman–Crippen MR) is 127 cm³/mol. The smallest absolute Gasteiger partial charge is 0.298 e. The fourth-order valence-corrected chi connectivity index (χ4v) is 4.77. The van der Waals surface area contributed by atoms with Gasteiger partial charge in [-0.1, -0.05) is 29.3 Å². The SMILES string of the molecule is COc1ccc(Cl)cc1-n1c(C)cc(/C=C2/SC(=O)N(c3cccc(Cl)c3)C2=O)c1C. The zero-order chi connectivity index (χ0) is 22.3. The molecule has 0 unspecified atom stereocenters. The molecule has 0 saturated carbocycles. The molecule has 158 valence electrons. The van der Waals surface area contributed by atoms with Gasteiger partial charge in [0.15, 0.2) is 0 Å². The molecule has 0 radical (unpaired) electrons. The van der Waals surface area contributed by atoms with Crippen LogP contribution < -0.4 is 9.64 Å². The standard InChI is InChI=1S/C23H18Cl2N2O3S/c1-13-9-15(14(2)26(13)19-12-17(25)7-8-20(19)30-3)10-21-22(28)27(23(29)31-21)18-6-4-5-16(24)11-18/h4-12H,1-3H3/b21-10+. The zero-order valence-electron chi connectivity index (χ0n) is 17.0. The van der Waals surface area contributed by atoms with Crippen molar-refractivity contribution >= 4 is 57.9 Å². The normalized spacial score (nSPS) is 15.3. The van der Waals surface area contributed by atoms with Crippen LogP contribution in [0.2, 0.25) is 10.0 Å². The first kappa shape index (κ1) is 21.6. The van der Waals surface area contributed by atoms with Crippen LogP contribution in [0.15, 0.2) is 53.4 Å². The van der Waals surface area contributed by atoms with Crippen LogP contribution in [-0.2, 0) is 4.79 Å². The average molecular weight is 473 g/mol. The Balaban J connectivity index is 1.74. The van der Waals surface area contributed by atoms with E-state index in [1.165, 1.54) is 0 Å². The Morgan fingerprint density at radius 2 is 1.74 bits per heavy atom. The Morgan fingerprint density at radius 3 is 2.45 bits per heavy atom. The van der Waals surface area contributed by atoms with Crippen LogP contribution in [0, 0.1) is 13.8 Å². The maximum absolute atomic E-state index is 13.0. The van der Waals surface area contributed by atoms with Crippen molar-refractivity contribution in [2.24, 2.45) is 0 Å². The molecule has 1 aromatic heterocycles. The maximum atomic E-state index is 13.0. The summed E-state index contributed by atoms with van der Waals surface area (Å²) in [6, 6.07) is 14.0. The second-order valence-corrected chi connectivity index (χ2v) is 8.84. The molecule has 8 heteroatoms. The summed E-state index contributed by atoms with van der Waals surface area (Å²) in [5.41, 5.74) is 3.92. The largest absolute Gasteiger partial charge is 0.495 e. The van der Waals surface area contributed by atoms with E-state index in [0.717, 1.165) is 39.3 Å². The van der Waals surface area contributed by atoms with E-state index in [0.29, 0.717) is 26.4 Å². The van der Waals surface area contributed by atoms with Gasteiger partial charge in [0, 0.05) is 21.4 Å². The predicted octanol–water partition coefficient (Wildman–Crippen LogP) is 6.65. The second kappa shape index (κ2) is 8.46. The lowest BCUT2D eigenvalue weighted by Gasteiger charge is -2.14. The van der Waals surface area contributed by atoms with Crippen molar-refractivity contribution in [2.45, 2.75) is 13.8 Å². The molecule has 1 saturated heterocycles. The Bertz CT molecular complexity index is 1250. The summed E-state index contributed by atoms with van der Waals surface area (Å²) in [7, 11) is 1.60. The summed E-state index contributed by atoms with van der Waals surface area (Å²) in [5.74, 6) is 0.307. The third-order valence-corrected chi connectivity index (χ3v) is 6.34. The molecule has 3 aromatic rings. The number of imide groups is 1. The van der Waals surface area contributed by atoms with Gasteiger partial charge in [0.2, 0.25) is 0 Å². The summed E-state index contributed by atoms with van der Waals surface area (Å²) in [4.78, 5) is 27.0. The van der Waals surface area contributed by atoms with E-state index in [1.54, 1.807) is 43.5 Å². The molecule has 0 bridgehead atoms. The number of carbonyl (C=O) groups is 2. The van der Waals surface area contributed by atoms with E-state index in [1.807, 2.05) is 36.6 Å². The fourth-order valence-electron chi connectivity index (χ4n) is 3.59. The highest BCUT2D eigenvalue weighted by atomic mass is 35.5. The van der Waals surface area contributed by atoms with Crippen molar-refractivity contribution in [3.63, 3.8) is 0 Å². The molecule has 1 aliphatic heterocycles. The fraction of sp³-hybridized carbons (Fsp3) is 0.130. The maximum Gasteiger partial charge on any atom is 0.298 e. The van der Waals surface area contributed by atoms with Gasteiger partial charge in [-0.05, 0) is 79.7 Å². The van der Waals surface area contributed by atoms with Gasteiger partial charge in [0.05, 0.1) is 23.4 Å². The number of aromatic nitrogens is 1. The lowest BCUT2D eigenvalue weighted by molar-refractivity contribution is -0.113. The Kier molecular flexibility index (Phi) is 5.88. The van der Waals surface area contributed by atoms with Gasteiger partial charge in [-0.15, -0.1) is 0 Å². The van der Waals surface area contributed by atoms with Crippen LogP contribution in [-0.4, -0.2) is 22.8 Å². The number of benzene rings is 2. The molecule has 0 N–H and O–H groups in total. The minimum absolute atomic E-state index is 0.350. The summed E-state index contributed by atoms with van der Waals surface area (Å²) in [6.07, 6.45) is 1.74. The summed E-state index contributed by atoms with van der Waals surface area (Å²) in [6.45, 7) is 3.91. The number of anilines is 1. The lowest BCUT2D eigenvalue weighted by atomic mass is 10.2. The van der Waals surface area contributed by atoms with Gasteiger partial charge in [0.25, 0.3) is 11.1 Å². The van der Waals surface area contributed by atoms with E-state index in [9.17, 15) is 9.59 Å². The highest BCUT2D eigenvalue weighted by Crippen LogP contribution is 2.38. The number of hydrogen-bond donors (Lipinski definition) is 0. The van der Waals surface area contributed by atoms with Crippen molar-refractivity contribution in [1.29, 1.82) is 0 Å². The number of hydrogen-bond acceptors (Lipinski definition) is 4. The average Bonchev–Trinajstić information content (AvgIpc) is 3.16. The van der Waals surface area contributed by atoms with Crippen molar-refractivity contribution in [3.8, 4) is 11.4 Å². The molecule has 1 aliphatic rings. The molecular formula is C23H18Cl2N2O3S. The third-order valence-electron chi connectivity index (χ3n) is 5.00. The highest BCUT2D eigenvalue weighted by molar-refractivity contribution is 8.19. The van der Waals surface area contributed by atoms with Crippen molar-refractivity contribution < 1.29 is 14.3 Å². The minimum atomic E-state index is -0.373. The van der Waals surface area contributed by atoms with Crippen molar-refractivity contribution in [1.82, 2.24) is 4.57 Å². The first-order valence-electron chi connectivity index (χ1n) is 9.36. The summed E-state index contributed by atoms with van der Waals surface area (Å²) >= 11 is 13.1. The molecule has 5 nitrogen and oxygen atoms in total. The van der Waals surface area contributed by atoms with E-state index < -0.39 is 0 Å². The molecule has 2 heterocycles. The van der Waals surface area contributed by atoms with E-state index in [4.69, 9.17) is 27.9 Å². The monoisotopic (exact) mass is 472 g/mol. The number of aryl methyl sites for hydroxylation is 1. The van der Waals surface area contributed by atoms with Crippen LogP contribution in [0.1, 0.15) is 17.0 Å². The molecule has 4 rings (SSSR count). The van der Waals surface area contributed by atoms with Gasteiger partial charge in [-0.25, -0.2) is 4.90 Å². The van der Waals surface area contributed by atoms with Gasteiger partial charge < -0.3 is 9.30 Å². The number of halogens is 2. The van der Waals surface area contributed by atoms with E-state index in [2.05, 4.69) is 0 Å². The molecule has 0 atom stereocenters. The van der Waals surface area contributed by atoms with Crippen LogP contribution >= 0.6 is 35.0 Å². The summed E-state index contributed by atoms with van der Waals surface area (Å²) in [5, 5.41) is 0.691. The lowest BCUT2D eigenvalue weighted by Crippen LogP contribution is -2.27. The van der Waals surface area contributed by atoms with E-state index >= 15 is 0 Å². The zero-order valence-corrected chi connectivity index (χ0v) is 19.3. The number of thioether (sulfide) groups is 1. The number of amides is 2. The van der Waals surface area contributed by atoms with Gasteiger partial charge in [0.1, 0.15) is 5.75 Å². The molecule has 1 fully saturated rings. The third kappa shape index (κ3) is 3.99. The Hall–Kier alpha value is -2.67. The molecule has 31 heavy (non-hydrogen) atoms. The minimum Gasteiger partial charge on any atom is -0.495 e. The molecular weight excluding hydrogens is 455 g/mol. The summed E-state index contributed by atoms with van der Waals surface area (Å²) < 4.78 is 7.51. The number of carbonyl (C=O) groups excluding carboxylic acids is 2. The molecule has 2 amide bonds. The highest BCUT2D eigenvalue weighted by Gasteiger charge is 2.36. The van der Waals surface area contributed by atoms with Gasteiger partial charge in [-0.3, -0.25) is 9.59 Å². The molecule has 2 aromatic carbocycles. The van der Waals surface area contributed by atoms with Gasteiger partial charge in [-0.2, -0.15) is 0 Å². The topological polar surface area (TPSA) is 51.5 Å². The number of methoxy groups -OCH3 is 1. The van der Waals surface area contributed by atoms with Crippen molar-refractivity contribution in [2.75, 3.05) is 12.0 Å². The van der Waals surface area contributed by atoms with Crippen molar-refractivity contribution in [3.05, 3.63) is 80.4 Å². The Labute approximate surface area is 194 Å².